The van der Waals surface area contributed by atoms with Crippen LogP contribution >= 0.6 is 12.4 Å². The molecule has 0 aliphatic rings. The molecule has 0 unspecified atom stereocenters. The van der Waals surface area contributed by atoms with Crippen LogP contribution in [0.15, 0.2) is 54.6 Å². The van der Waals surface area contributed by atoms with E-state index in [4.69, 9.17) is 15.6 Å². The molecule has 1 atom stereocenters. The molecule has 2 aromatic rings. The lowest BCUT2D eigenvalue weighted by Crippen LogP contribution is -2.36. The van der Waals surface area contributed by atoms with E-state index < -0.39 is 18.6 Å². The number of aliphatic hydroxyl groups excluding tert-OH is 1. The molecule has 2 aromatic carbocycles. The van der Waals surface area contributed by atoms with Gasteiger partial charge >= 0.3 is 0 Å². The van der Waals surface area contributed by atoms with Crippen LogP contribution in [0.5, 0.6) is 11.5 Å². The van der Waals surface area contributed by atoms with Gasteiger partial charge in [0.25, 0.3) is 5.92 Å². The van der Waals surface area contributed by atoms with Crippen molar-refractivity contribution in [2.24, 2.45) is 5.73 Å². The van der Waals surface area contributed by atoms with E-state index in [1.165, 1.54) is 12.1 Å². The van der Waals surface area contributed by atoms with Crippen LogP contribution in [0, 0.1) is 0 Å². The zero-order valence-corrected chi connectivity index (χ0v) is 11.9. The summed E-state index contributed by atoms with van der Waals surface area (Å²) < 4.78 is 32.1. The second kappa shape index (κ2) is 7.36. The first kappa shape index (κ1) is 17.4. The molecule has 0 aliphatic heterocycles. The fourth-order valence-electron chi connectivity index (χ4n) is 1.71. The second-order valence-corrected chi connectivity index (χ2v) is 4.38. The highest BCUT2D eigenvalue weighted by Gasteiger charge is 2.37. The molecule has 0 aromatic heterocycles. The number of para-hydroxylation sites is 1. The molecule has 21 heavy (non-hydrogen) atoms. The molecular weight excluding hydrogens is 300 g/mol. The van der Waals surface area contributed by atoms with Crippen LogP contribution in [0.25, 0.3) is 0 Å². The molecule has 114 valence electrons. The minimum atomic E-state index is -3.35. The molecule has 0 radical (unpaired) electrons. The van der Waals surface area contributed by atoms with Crippen LogP contribution in [0.2, 0.25) is 0 Å². The normalized spacial score (nSPS) is 12.4. The molecular formula is C15H16ClF2NO2. The minimum Gasteiger partial charge on any atom is -0.457 e. The third kappa shape index (κ3) is 4.39. The third-order valence-electron chi connectivity index (χ3n) is 2.88. The van der Waals surface area contributed by atoms with E-state index >= 15 is 0 Å². The molecule has 2 rings (SSSR count). The maximum Gasteiger partial charge on any atom is 0.289 e. The van der Waals surface area contributed by atoms with Crippen molar-refractivity contribution in [1.29, 1.82) is 0 Å². The number of nitrogens with two attached hydrogens (primary N) is 1. The van der Waals surface area contributed by atoms with Gasteiger partial charge in [0.15, 0.2) is 0 Å². The van der Waals surface area contributed by atoms with Crippen LogP contribution in [-0.2, 0) is 0 Å². The van der Waals surface area contributed by atoms with Crippen molar-refractivity contribution in [2.75, 3.05) is 6.61 Å². The molecule has 0 heterocycles. The van der Waals surface area contributed by atoms with Gasteiger partial charge < -0.3 is 15.6 Å². The fraction of sp³-hybridized carbons (Fsp3) is 0.200. The average Bonchev–Trinajstić information content (AvgIpc) is 2.48. The molecule has 3 N–H and O–H groups in total. The summed E-state index contributed by atoms with van der Waals surface area (Å²) >= 11 is 0. The van der Waals surface area contributed by atoms with Gasteiger partial charge in [-0.25, -0.2) is 8.78 Å². The van der Waals surface area contributed by atoms with E-state index in [2.05, 4.69) is 0 Å². The smallest absolute Gasteiger partial charge is 0.289 e. The number of alkyl halides is 2. The van der Waals surface area contributed by atoms with E-state index in [1.807, 2.05) is 18.2 Å². The summed E-state index contributed by atoms with van der Waals surface area (Å²) in [4.78, 5) is 0. The van der Waals surface area contributed by atoms with Crippen molar-refractivity contribution in [2.45, 2.75) is 12.0 Å². The number of hydrogen-bond donors (Lipinski definition) is 2. The largest absolute Gasteiger partial charge is 0.457 e. The van der Waals surface area contributed by atoms with Gasteiger partial charge in [-0.05, 0) is 29.8 Å². The first-order valence-corrected chi connectivity index (χ1v) is 6.10. The van der Waals surface area contributed by atoms with Gasteiger partial charge in [0.05, 0.1) is 6.04 Å². The molecule has 6 heteroatoms. The molecule has 0 spiro atoms. The number of benzene rings is 2. The number of aliphatic hydroxyl groups is 1. The summed E-state index contributed by atoms with van der Waals surface area (Å²) in [6, 6.07) is 13.6. The highest BCUT2D eigenvalue weighted by molar-refractivity contribution is 5.85. The van der Waals surface area contributed by atoms with E-state index in [-0.39, 0.29) is 18.0 Å². The van der Waals surface area contributed by atoms with Gasteiger partial charge in [0.2, 0.25) is 0 Å². The highest BCUT2D eigenvalue weighted by atomic mass is 35.5. The van der Waals surface area contributed by atoms with E-state index in [0.717, 1.165) is 0 Å². The number of rotatable bonds is 5. The first-order valence-electron chi connectivity index (χ1n) is 6.10. The van der Waals surface area contributed by atoms with E-state index in [9.17, 15) is 8.78 Å². The number of ether oxygens (including phenoxy) is 1. The molecule has 0 fully saturated rings. The SMILES string of the molecule is Cl.N[C@@H](c1ccc(Oc2ccccc2)cc1)C(F)(F)CO. The quantitative estimate of drug-likeness (QED) is 0.887. The van der Waals surface area contributed by atoms with Crippen LogP contribution in [0.3, 0.4) is 0 Å². The number of hydrogen-bond acceptors (Lipinski definition) is 3. The summed E-state index contributed by atoms with van der Waals surface area (Å²) in [5, 5.41) is 8.62. The average molecular weight is 316 g/mol. The summed E-state index contributed by atoms with van der Waals surface area (Å²) in [5.74, 6) is -2.16. The van der Waals surface area contributed by atoms with Crippen molar-refractivity contribution in [3.63, 3.8) is 0 Å². The van der Waals surface area contributed by atoms with Crippen molar-refractivity contribution in [3.8, 4) is 11.5 Å². The Morgan fingerprint density at radius 2 is 1.52 bits per heavy atom. The van der Waals surface area contributed by atoms with Crippen molar-refractivity contribution < 1.29 is 18.6 Å². The fourth-order valence-corrected chi connectivity index (χ4v) is 1.71. The minimum absolute atomic E-state index is 0. The lowest BCUT2D eigenvalue weighted by molar-refractivity contribution is -0.0711. The summed E-state index contributed by atoms with van der Waals surface area (Å²) in [6.07, 6.45) is 0. The standard InChI is InChI=1S/C15H15F2NO2.ClH/c16-15(17,10-19)14(18)11-6-8-13(9-7-11)20-12-4-2-1-3-5-12;/h1-9,14,19H,10,18H2;1H/t14-;/m0./s1. The van der Waals surface area contributed by atoms with Gasteiger partial charge in [0, 0.05) is 0 Å². The Morgan fingerprint density at radius 3 is 2.05 bits per heavy atom. The lowest BCUT2D eigenvalue weighted by Gasteiger charge is -2.21. The Kier molecular flexibility index (Phi) is 6.08. The Labute approximate surface area is 127 Å². The summed E-state index contributed by atoms with van der Waals surface area (Å²) in [5.41, 5.74) is 5.68. The monoisotopic (exact) mass is 315 g/mol. The van der Waals surface area contributed by atoms with Crippen molar-refractivity contribution in [1.82, 2.24) is 0 Å². The van der Waals surface area contributed by atoms with Gasteiger partial charge in [-0.1, -0.05) is 30.3 Å². The van der Waals surface area contributed by atoms with Crippen LogP contribution < -0.4 is 10.5 Å². The molecule has 0 bridgehead atoms. The first-order chi connectivity index (χ1) is 9.53. The predicted molar refractivity (Wildman–Crippen MR) is 79.2 cm³/mol. The van der Waals surface area contributed by atoms with Gasteiger partial charge in [-0.15, -0.1) is 12.4 Å². The van der Waals surface area contributed by atoms with Gasteiger partial charge in [-0.3, -0.25) is 0 Å². The molecule has 0 aliphatic carbocycles. The van der Waals surface area contributed by atoms with Crippen molar-refractivity contribution in [3.05, 3.63) is 60.2 Å². The zero-order chi connectivity index (χ0) is 14.6. The third-order valence-corrected chi connectivity index (χ3v) is 2.88. The number of halogens is 3. The predicted octanol–water partition coefficient (Wildman–Crippen LogP) is 3.53. The lowest BCUT2D eigenvalue weighted by atomic mass is 10.0. The highest BCUT2D eigenvalue weighted by Crippen LogP contribution is 2.30. The Morgan fingerprint density at radius 1 is 1.00 bits per heavy atom. The second-order valence-electron chi connectivity index (χ2n) is 4.38. The van der Waals surface area contributed by atoms with Crippen molar-refractivity contribution >= 4 is 12.4 Å². The van der Waals surface area contributed by atoms with Crippen LogP contribution in [0.4, 0.5) is 8.78 Å². The van der Waals surface area contributed by atoms with E-state index in [1.54, 1.807) is 24.3 Å². The van der Waals surface area contributed by atoms with E-state index in [0.29, 0.717) is 11.5 Å². The Bertz CT molecular complexity index is 549. The van der Waals surface area contributed by atoms with Gasteiger partial charge in [-0.2, -0.15) is 0 Å². The Hall–Kier alpha value is -1.69. The topological polar surface area (TPSA) is 55.5 Å². The van der Waals surface area contributed by atoms with Crippen LogP contribution in [0.1, 0.15) is 11.6 Å². The maximum atomic E-state index is 13.3. The summed E-state index contributed by atoms with van der Waals surface area (Å²) in [6.45, 7) is -1.28. The Balaban J connectivity index is 0.00000220. The van der Waals surface area contributed by atoms with Gasteiger partial charge in [0.1, 0.15) is 18.1 Å². The van der Waals surface area contributed by atoms with Crippen LogP contribution in [-0.4, -0.2) is 17.6 Å². The molecule has 0 saturated heterocycles. The molecule has 0 saturated carbocycles. The molecule has 3 nitrogen and oxygen atoms in total. The zero-order valence-electron chi connectivity index (χ0n) is 11.1. The maximum absolute atomic E-state index is 13.3. The molecule has 0 amide bonds. The summed E-state index contributed by atoms with van der Waals surface area (Å²) in [7, 11) is 0.